The van der Waals surface area contributed by atoms with Crippen molar-refractivity contribution in [3.05, 3.63) is 64.0 Å². The predicted octanol–water partition coefficient (Wildman–Crippen LogP) is 3.87. The van der Waals surface area contributed by atoms with Crippen molar-refractivity contribution >= 4 is 38.3 Å². The first kappa shape index (κ1) is 20.8. The molecule has 0 aliphatic rings. The zero-order valence-corrected chi connectivity index (χ0v) is 17.0. The fourth-order valence-electron chi connectivity index (χ4n) is 2.87. The molecule has 0 aliphatic heterocycles. The Morgan fingerprint density at radius 3 is 2.55 bits per heavy atom. The number of hydrogen-bond donors (Lipinski definition) is 0. The molecule has 152 valence electrons. The van der Waals surface area contributed by atoms with Crippen LogP contribution < -0.4 is 4.90 Å². The molecule has 0 unspecified atom stereocenters. The Hall–Kier alpha value is -2.91. The Labute approximate surface area is 171 Å². The summed E-state index contributed by atoms with van der Waals surface area (Å²) >= 11 is 1.25. The first-order valence-corrected chi connectivity index (χ1v) is 9.89. The number of thiazole rings is 1. The number of nitro benzene ring substituents is 1. The van der Waals surface area contributed by atoms with E-state index in [0.29, 0.717) is 27.5 Å². The van der Waals surface area contributed by atoms with Crippen molar-refractivity contribution in [2.75, 3.05) is 32.1 Å². The zero-order valence-electron chi connectivity index (χ0n) is 16.2. The molecule has 0 bridgehead atoms. The van der Waals surface area contributed by atoms with E-state index in [-0.39, 0.29) is 23.8 Å². The molecule has 29 heavy (non-hydrogen) atoms. The minimum Gasteiger partial charge on any atom is -0.309 e. The van der Waals surface area contributed by atoms with Crippen LogP contribution in [0.5, 0.6) is 0 Å². The smallest absolute Gasteiger partial charge is 0.270 e. The van der Waals surface area contributed by atoms with Gasteiger partial charge in [0.15, 0.2) is 5.13 Å². The van der Waals surface area contributed by atoms with Crippen molar-refractivity contribution in [1.29, 1.82) is 0 Å². The van der Waals surface area contributed by atoms with Crippen LogP contribution in [0, 0.1) is 15.9 Å². The number of anilines is 1. The quantitative estimate of drug-likeness (QED) is 0.411. The summed E-state index contributed by atoms with van der Waals surface area (Å²) < 4.78 is 13.8. The molecule has 1 heterocycles. The van der Waals surface area contributed by atoms with Gasteiger partial charge in [0.05, 0.1) is 21.6 Å². The first-order chi connectivity index (χ1) is 13.8. The lowest BCUT2D eigenvalue weighted by atomic mass is 10.1. The molecule has 9 heteroatoms. The van der Waals surface area contributed by atoms with E-state index in [1.54, 1.807) is 23.1 Å². The van der Waals surface area contributed by atoms with Crippen LogP contribution in [0.15, 0.2) is 42.5 Å². The molecule has 3 aromatic rings. The molecule has 3 rings (SSSR count). The van der Waals surface area contributed by atoms with Gasteiger partial charge in [-0.25, -0.2) is 9.37 Å². The highest BCUT2D eigenvalue weighted by atomic mass is 32.1. The summed E-state index contributed by atoms with van der Waals surface area (Å²) in [5, 5.41) is 11.5. The van der Waals surface area contributed by atoms with Crippen LogP contribution in [0.2, 0.25) is 0 Å². The number of carbonyl (C=O) groups is 1. The van der Waals surface area contributed by atoms with Crippen LogP contribution in [0.1, 0.15) is 12.0 Å². The average Bonchev–Trinajstić information content (AvgIpc) is 3.09. The number of rotatable bonds is 8. The van der Waals surface area contributed by atoms with E-state index in [9.17, 15) is 19.3 Å². The van der Waals surface area contributed by atoms with E-state index in [2.05, 4.69) is 4.98 Å². The Morgan fingerprint density at radius 2 is 1.90 bits per heavy atom. The van der Waals surface area contributed by atoms with E-state index in [1.807, 2.05) is 19.0 Å². The van der Waals surface area contributed by atoms with Gasteiger partial charge in [-0.3, -0.25) is 19.8 Å². The Bertz CT molecular complexity index is 1020. The molecule has 0 saturated heterocycles. The number of amides is 1. The summed E-state index contributed by atoms with van der Waals surface area (Å²) in [5.41, 5.74) is 1.32. The van der Waals surface area contributed by atoms with Gasteiger partial charge in [-0.15, -0.1) is 0 Å². The lowest BCUT2D eigenvalue weighted by Crippen LogP contribution is -2.34. The number of benzene rings is 2. The van der Waals surface area contributed by atoms with Crippen molar-refractivity contribution in [1.82, 2.24) is 9.88 Å². The third-order valence-electron chi connectivity index (χ3n) is 4.36. The normalized spacial score (nSPS) is 11.2. The summed E-state index contributed by atoms with van der Waals surface area (Å²) in [5.74, 6) is -0.499. The Morgan fingerprint density at radius 1 is 1.17 bits per heavy atom. The van der Waals surface area contributed by atoms with E-state index in [1.165, 1.54) is 35.6 Å². The molecule has 0 radical (unpaired) electrons. The summed E-state index contributed by atoms with van der Waals surface area (Å²) in [6.45, 7) is 1.27. The first-order valence-electron chi connectivity index (χ1n) is 9.08. The number of fused-ring (bicyclic) bond motifs is 1. The van der Waals surface area contributed by atoms with Crippen molar-refractivity contribution in [2.45, 2.75) is 12.8 Å². The maximum atomic E-state index is 13.1. The molecule has 0 fully saturated rings. The topological polar surface area (TPSA) is 79.6 Å². The van der Waals surface area contributed by atoms with Gasteiger partial charge < -0.3 is 4.90 Å². The second-order valence-electron chi connectivity index (χ2n) is 6.91. The van der Waals surface area contributed by atoms with Crippen molar-refractivity contribution in [2.24, 2.45) is 0 Å². The highest BCUT2D eigenvalue weighted by molar-refractivity contribution is 7.22. The predicted molar refractivity (Wildman–Crippen MR) is 112 cm³/mol. The standard InChI is InChI=1S/C20H21FN4O3S/c1-23(2)10-3-11-24(19(26)12-14-4-6-15(21)7-5-14)20-22-17-9-8-16(25(27)28)13-18(17)29-20/h4-9,13H,3,10-12H2,1-2H3. The van der Waals surface area contributed by atoms with Crippen LogP contribution in [-0.2, 0) is 11.2 Å². The summed E-state index contributed by atoms with van der Waals surface area (Å²) in [4.78, 5) is 31.7. The average molecular weight is 416 g/mol. The fourth-order valence-corrected chi connectivity index (χ4v) is 3.92. The minimum atomic E-state index is -0.451. The molecule has 1 amide bonds. The summed E-state index contributed by atoms with van der Waals surface area (Å²) in [7, 11) is 3.92. The molecule has 7 nitrogen and oxygen atoms in total. The zero-order chi connectivity index (χ0) is 21.0. The van der Waals surface area contributed by atoms with Gasteiger partial charge in [0.25, 0.3) is 5.69 Å². The molecule has 0 spiro atoms. The van der Waals surface area contributed by atoms with Gasteiger partial charge >= 0.3 is 0 Å². The van der Waals surface area contributed by atoms with Crippen molar-refractivity contribution in [3.8, 4) is 0 Å². The van der Waals surface area contributed by atoms with Crippen LogP contribution >= 0.6 is 11.3 Å². The molecule has 0 aliphatic carbocycles. The van der Waals surface area contributed by atoms with Gasteiger partial charge in [0.2, 0.25) is 5.91 Å². The number of nitrogens with zero attached hydrogens (tertiary/aromatic N) is 4. The molecule has 0 atom stereocenters. The highest BCUT2D eigenvalue weighted by Gasteiger charge is 2.21. The van der Waals surface area contributed by atoms with Gasteiger partial charge in [-0.2, -0.15) is 0 Å². The number of halogens is 1. The maximum absolute atomic E-state index is 13.1. The third kappa shape index (κ3) is 5.33. The lowest BCUT2D eigenvalue weighted by Gasteiger charge is -2.21. The summed E-state index contributed by atoms with van der Waals surface area (Å²) in [6.07, 6.45) is 0.872. The molecule has 1 aromatic heterocycles. The van der Waals surface area contributed by atoms with Gasteiger partial charge in [0.1, 0.15) is 5.82 Å². The Kier molecular flexibility index (Phi) is 6.50. The van der Waals surface area contributed by atoms with E-state index in [0.717, 1.165) is 13.0 Å². The van der Waals surface area contributed by atoms with E-state index >= 15 is 0 Å². The molecule has 2 aromatic carbocycles. The van der Waals surface area contributed by atoms with Gasteiger partial charge in [0, 0.05) is 18.7 Å². The second kappa shape index (κ2) is 9.06. The largest absolute Gasteiger partial charge is 0.309 e. The van der Waals surface area contributed by atoms with Crippen LogP contribution in [-0.4, -0.2) is 47.9 Å². The number of non-ortho nitro benzene ring substituents is 1. The van der Waals surface area contributed by atoms with Gasteiger partial charge in [-0.05, 0) is 50.8 Å². The number of carbonyl (C=O) groups excluding carboxylic acids is 1. The lowest BCUT2D eigenvalue weighted by molar-refractivity contribution is -0.384. The molecule has 0 N–H and O–H groups in total. The Balaban J connectivity index is 1.87. The second-order valence-corrected chi connectivity index (χ2v) is 7.92. The summed E-state index contributed by atoms with van der Waals surface area (Å²) in [6, 6.07) is 10.3. The minimum absolute atomic E-state index is 0.00973. The van der Waals surface area contributed by atoms with Crippen LogP contribution in [0.4, 0.5) is 15.2 Å². The van der Waals surface area contributed by atoms with Crippen molar-refractivity contribution in [3.63, 3.8) is 0 Å². The van der Waals surface area contributed by atoms with Crippen LogP contribution in [0.25, 0.3) is 10.2 Å². The number of hydrogen-bond acceptors (Lipinski definition) is 6. The molecular formula is C20H21FN4O3S. The SMILES string of the molecule is CN(C)CCCN(C(=O)Cc1ccc(F)cc1)c1nc2ccc([N+](=O)[O-])cc2s1. The van der Waals surface area contributed by atoms with E-state index < -0.39 is 4.92 Å². The maximum Gasteiger partial charge on any atom is 0.270 e. The van der Waals surface area contributed by atoms with Crippen LogP contribution in [0.3, 0.4) is 0 Å². The molecule has 0 saturated carbocycles. The van der Waals surface area contributed by atoms with E-state index in [4.69, 9.17) is 0 Å². The van der Waals surface area contributed by atoms with Crippen molar-refractivity contribution < 1.29 is 14.1 Å². The monoisotopic (exact) mass is 416 g/mol. The highest BCUT2D eigenvalue weighted by Crippen LogP contribution is 2.32. The number of nitro groups is 1. The third-order valence-corrected chi connectivity index (χ3v) is 5.40. The van der Waals surface area contributed by atoms with Gasteiger partial charge in [-0.1, -0.05) is 23.5 Å². The molecular weight excluding hydrogens is 395 g/mol. The fraction of sp³-hybridized carbons (Fsp3) is 0.300. The number of aromatic nitrogens is 1.